The molecule has 0 fully saturated rings. The Balaban J connectivity index is 2.21. The van der Waals surface area contributed by atoms with E-state index in [1.54, 1.807) is 6.20 Å². The molecule has 0 aromatic carbocycles. The number of nitrogens with zero attached hydrogens (tertiary/aromatic N) is 1. The predicted octanol–water partition coefficient (Wildman–Crippen LogP) is 2.10. The van der Waals surface area contributed by atoms with Gasteiger partial charge in [0.05, 0.1) is 10.3 Å². The molecule has 18 heavy (non-hydrogen) atoms. The van der Waals surface area contributed by atoms with Gasteiger partial charge in [-0.1, -0.05) is 17.8 Å². The van der Waals surface area contributed by atoms with E-state index in [0.29, 0.717) is 13.2 Å². The number of nitrogens with one attached hydrogen (secondary N) is 1. The first-order valence-electron chi connectivity index (χ1n) is 6.17. The Hall–Kier alpha value is -1.07. The molecule has 1 aromatic heterocycles. The van der Waals surface area contributed by atoms with Gasteiger partial charge < -0.3 is 10.1 Å². The van der Waals surface area contributed by atoms with E-state index in [9.17, 15) is 4.79 Å². The Morgan fingerprint density at radius 1 is 1.56 bits per heavy atom. The van der Waals surface area contributed by atoms with Crippen molar-refractivity contribution in [1.82, 2.24) is 10.3 Å². The van der Waals surface area contributed by atoms with Gasteiger partial charge in [0.1, 0.15) is 0 Å². The molecule has 0 bridgehead atoms. The summed E-state index contributed by atoms with van der Waals surface area (Å²) in [6.07, 6.45) is 2.58. The molecule has 0 radical (unpaired) electrons. The monoisotopic (exact) mass is 268 g/mol. The Morgan fingerprint density at radius 3 is 3.06 bits per heavy atom. The van der Waals surface area contributed by atoms with Gasteiger partial charge in [-0.05, 0) is 32.4 Å². The number of carbonyl (C=O) groups excluding carboxylic acids is 1. The molecular formula is C13H20N2O2S. The first kappa shape index (κ1) is 15.0. The van der Waals surface area contributed by atoms with Gasteiger partial charge in [-0.3, -0.25) is 4.79 Å². The molecule has 0 saturated carbocycles. The van der Waals surface area contributed by atoms with E-state index in [2.05, 4.69) is 10.3 Å². The number of thioether (sulfide) groups is 1. The van der Waals surface area contributed by atoms with Gasteiger partial charge in [0.25, 0.3) is 0 Å². The highest BCUT2D eigenvalue weighted by molar-refractivity contribution is 8.00. The van der Waals surface area contributed by atoms with Crippen LogP contribution in [0.3, 0.4) is 0 Å². The summed E-state index contributed by atoms with van der Waals surface area (Å²) in [7, 11) is 0. The van der Waals surface area contributed by atoms with Crippen LogP contribution in [0.2, 0.25) is 0 Å². The second kappa shape index (κ2) is 8.94. The minimum absolute atomic E-state index is 0.0437. The molecule has 1 atom stereocenters. The van der Waals surface area contributed by atoms with Crippen LogP contribution < -0.4 is 5.32 Å². The first-order chi connectivity index (χ1) is 8.74. The van der Waals surface area contributed by atoms with E-state index in [1.165, 1.54) is 11.8 Å². The van der Waals surface area contributed by atoms with E-state index < -0.39 is 0 Å². The van der Waals surface area contributed by atoms with Crippen molar-refractivity contribution in [3.05, 3.63) is 24.4 Å². The van der Waals surface area contributed by atoms with Crippen LogP contribution in [0, 0.1) is 0 Å². The average Bonchev–Trinajstić information content (AvgIpc) is 2.39. The predicted molar refractivity (Wildman–Crippen MR) is 73.7 cm³/mol. The number of rotatable bonds is 8. The van der Waals surface area contributed by atoms with Crippen LogP contribution in [0.5, 0.6) is 0 Å². The molecule has 1 rings (SSSR count). The molecule has 1 heterocycles. The maximum absolute atomic E-state index is 11.8. The van der Waals surface area contributed by atoms with Gasteiger partial charge in [-0.25, -0.2) is 4.98 Å². The fourth-order valence-corrected chi connectivity index (χ4v) is 2.16. The molecule has 0 aliphatic rings. The number of pyridine rings is 1. The normalized spacial score (nSPS) is 12.1. The summed E-state index contributed by atoms with van der Waals surface area (Å²) >= 11 is 1.47. The molecule has 0 spiro atoms. The Bertz CT molecular complexity index is 346. The lowest BCUT2D eigenvalue weighted by atomic mass is 10.4. The number of aromatic nitrogens is 1. The molecule has 5 heteroatoms. The lowest BCUT2D eigenvalue weighted by molar-refractivity contribution is -0.120. The van der Waals surface area contributed by atoms with Crippen molar-refractivity contribution >= 4 is 17.7 Å². The third kappa shape index (κ3) is 6.02. The summed E-state index contributed by atoms with van der Waals surface area (Å²) < 4.78 is 5.20. The van der Waals surface area contributed by atoms with Gasteiger partial charge in [-0.2, -0.15) is 0 Å². The number of amides is 1. The van der Waals surface area contributed by atoms with Crippen LogP contribution in [0.1, 0.15) is 20.3 Å². The molecule has 100 valence electrons. The highest BCUT2D eigenvalue weighted by Gasteiger charge is 2.13. The molecule has 1 aromatic rings. The first-order valence-corrected chi connectivity index (χ1v) is 7.05. The lowest BCUT2D eigenvalue weighted by Crippen LogP contribution is -2.32. The number of carbonyl (C=O) groups is 1. The Kier molecular flexibility index (Phi) is 7.44. The molecule has 4 nitrogen and oxygen atoms in total. The zero-order valence-corrected chi connectivity index (χ0v) is 11.7. The number of ether oxygens (including phenoxy) is 1. The zero-order valence-electron chi connectivity index (χ0n) is 10.9. The average molecular weight is 268 g/mol. The van der Waals surface area contributed by atoms with E-state index in [4.69, 9.17) is 4.74 Å². The fourth-order valence-electron chi connectivity index (χ4n) is 1.33. The molecule has 0 aliphatic heterocycles. The van der Waals surface area contributed by atoms with Crippen LogP contribution in [-0.4, -0.2) is 35.9 Å². The summed E-state index contributed by atoms with van der Waals surface area (Å²) in [5, 5.41) is 3.63. The minimum atomic E-state index is -0.132. The van der Waals surface area contributed by atoms with Crippen LogP contribution in [0.25, 0.3) is 0 Å². The van der Waals surface area contributed by atoms with Crippen molar-refractivity contribution in [1.29, 1.82) is 0 Å². The molecule has 1 unspecified atom stereocenters. The Labute approximate surface area is 113 Å². The van der Waals surface area contributed by atoms with Crippen molar-refractivity contribution < 1.29 is 9.53 Å². The maximum Gasteiger partial charge on any atom is 0.233 e. The molecular weight excluding hydrogens is 248 g/mol. The smallest absolute Gasteiger partial charge is 0.233 e. The largest absolute Gasteiger partial charge is 0.382 e. The van der Waals surface area contributed by atoms with Gasteiger partial charge >= 0.3 is 0 Å². The van der Waals surface area contributed by atoms with Crippen LogP contribution in [-0.2, 0) is 9.53 Å². The highest BCUT2D eigenvalue weighted by Crippen LogP contribution is 2.20. The van der Waals surface area contributed by atoms with Crippen molar-refractivity contribution in [3.8, 4) is 0 Å². The van der Waals surface area contributed by atoms with Crippen LogP contribution in [0.4, 0.5) is 0 Å². The summed E-state index contributed by atoms with van der Waals surface area (Å²) in [4.78, 5) is 16.0. The molecule has 1 N–H and O–H groups in total. The van der Waals surface area contributed by atoms with Gasteiger partial charge in [0.2, 0.25) is 5.91 Å². The van der Waals surface area contributed by atoms with Crippen LogP contribution >= 0.6 is 11.8 Å². The van der Waals surface area contributed by atoms with Gasteiger partial charge in [0.15, 0.2) is 0 Å². The second-order valence-corrected chi connectivity index (χ2v) is 5.13. The van der Waals surface area contributed by atoms with E-state index in [0.717, 1.165) is 18.1 Å². The molecule has 0 aliphatic carbocycles. The lowest BCUT2D eigenvalue weighted by Gasteiger charge is -2.11. The standard InChI is InChI=1S/C13H20N2O2S/c1-3-17-10-6-9-15-13(16)11(2)18-12-7-4-5-8-14-12/h4-5,7-8,11H,3,6,9-10H2,1-2H3,(H,15,16). The van der Waals surface area contributed by atoms with E-state index in [-0.39, 0.29) is 11.2 Å². The number of hydrogen-bond acceptors (Lipinski definition) is 4. The highest BCUT2D eigenvalue weighted by atomic mass is 32.2. The van der Waals surface area contributed by atoms with Crippen molar-refractivity contribution in [2.45, 2.75) is 30.5 Å². The summed E-state index contributed by atoms with van der Waals surface area (Å²) in [6, 6.07) is 5.69. The minimum Gasteiger partial charge on any atom is -0.382 e. The van der Waals surface area contributed by atoms with Crippen LogP contribution in [0.15, 0.2) is 29.4 Å². The van der Waals surface area contributed by atoms with Crippen molar-refractivity contribution in [2.24, 2.45) is 0 Å². The number of hydrogen-bond donors (Lipinski definition) is 1. The third-order valence-electron chi connectivity index (χ3n) is 2.27. The summed E-state index contributed by atoms with van der Waals surface area (Å²) in [5.41, 5.74) is 0. The van der Waals surface area contributed by atoms with Gasteiger partial charge in [0, 0.05) is 26.0 Å². The topological polar surface area (TPSA) is 51.2 Å². The van der Waals surface area contributed by atoms with Gasteiger partial charge in [-0.15, -0.1) is 0 Å². The summed E-state index contributed by atoms with van der Waals surface area (Å²) in [6.45, 7) is 5.92. The quantitative estimate of drug-likeness (QED) is 0.579. The fraction of sp³-hybridized carbons (Fsp3) is 0.538. The molecule has 0 saturated heterocycles. The SMILES string of the molecule is CCOCCCNC(=O)C(C)Sc1ccccn1. The molecule has 1 amide bonds. The van der Waals surface area contributed by atoms with Crippen molar-refractivity contribution in [3.63, 3.8) is 0 Å². The maximum atomic E-state index is 11.8. The third-order valence-corrected chi connectivity index (χ3v) is 3.32. The van der Waals surface area contributed by atoms with E-state index in [1.807, 2.05) is 32.0 Å². The van der Waals surface area contributed by atoms with E-state index >= 15 is 0 Å². The Morgan fingerprint density at radius 2 is 2.39 bits per heavy atom. The summed E-state index contributed by atoms with van der Waals surface area (Å²) in [5.74, 6) is 0.0437. The van der Waals surface area contributed by atoms with Crippen molar-refractivity contribution in [2.75, 3.05) is 19.8 Å². The second-order valence-electron chi connectivity index (χ2n) is 3.77. The zero-order chi connectivity index (χ0) is 13.2.